The molecule has 0 amide bonds. The van der Waals surface area contributed by atoms with Crippen LogP contribution in [0.5, 0.6) is 0 Å². The Hall–Kier alpha value is -1.22. The smallest absolute Gasteiger partial charge is 0.170 e. The molecule has 14 heavy (non-hydrogen) atoms. The Morgan fingerprint density at radius 3 is 2.43 bits per heavy atom. The highest BCUT2D eigenvalue weighted by Crippen LogP contribution is 2.06. The Kier molecular flexibility index (Phi) is 3.77. The van der Waals surface area contributed by atoms with Crippen LogP contribution in [0.25, 0.3) is 0 Å². The molecular formula is C11H12O2S. The number of ketones is 1. The fourth-order valence-corrected chi connectivity index (χ4v) is 2.01. The van der Waals surface area contributed by atoms with Gasteiger partial charge in [0.2, 0.25) is 0 Å². The van der Waals surface area contributed by atoms with Crippen LogP contribution in [0, 0.1) is 0 Å². The monoisotopic (exact) mass is 208 g/mol. The molecule has 0 fully saturated rings. The summed E-state index contributed by atoms with van der Waals surface area (Å²) in [7, 11) is -1.24. The highest BCUT2D eigenvalue weighted by Gasteiger charge is 2.09. The van der Waals surface area contributed by atoms with E-state index in [1.54, 1.807) is 31.2 Å². The first-order chi connectivity index (χ1) is 6.61. The fourth-order valence-electron chi connectivity index (χ4n) is 0.898. The molecule has 0 spiro atoms. The second kappa shape index (κ2) is 4.86. The van der Waals surface area contributed by atoms with Crippen LogP contribution >= 0.6 is 0 Å². The zero-order valence-corrected chi connectivity index (χ0v) is 8.84. The lowest BCUT2D eigenvalue weighted by Gasteiger charge is -2.00. The van der Waals surface area contributed by atoms with Gasteiger partial charge in [0.15, 0.2) is 5.78 Å². The van der Waals surface area contributed by atoms with E-state index in [0.717, 1.165) is 0 Å². The third-order valence-electron chi connectivity index (χ3n) is 1.74. The van der Waals surface area contributed by atoms with E-state index >= 15 is 0 Å². The van der Waals surface area contributed by atoms with Crippen LogP contribution < -0.4 is 0 Å². The lowest BCUT2D eigenvalue weighted by molar-refractivity contribution is -0.113. The summed E-state index contributed by atoms with van der Waals surface area (Å²) in [6.07, 6.45) is 0. The summed E-state index contributed by atoms with van der Waals surface area (Å²) in [5.41, 5.74) is 0.453. The van der Waals surface area contributed by atoms with Crippen LogP contribution in [-0.4, -0.2) is 15.7 Å². The number of benzene rings is 1. The highest BCUT2D eigenvalue weighted by atomic mass is 32.2. The van der Waals surface area contributed by atoms with Gasteiger partial charge in [-0.1, -0.05) is 24.8 Å². The molecule has 0 heterocycles. The average molecular weight is 208 g/mol. The van der Waals surface area contributed by atoms with Crippen molar-refractivity contribution in [2.75, 3.05) is 5.75 Å². The normalized spacial score (nSPS) is 12.1. The van der Waals surface area contributed by atoms with Gasteiger partial charge >= 0.3 is 0 Å². The van der Waals surface area contributed by atoms with Gasteiger partial charge in [0.1, 0.15) is 0 Å². The Morgan fingerprint density at radius 2 is 1.93 bits per heavy atom. The van der Waals surface area contributed by atoms with Crippen molar-refractivity contribution in [3.8, 4) is 0 Å². The van der Waals surface area contributed by atoms with E-state index in [0.29, 0.717) is 10.5 Å². The third kappa shape index (κ3) is 2.92. The number of Topliss-reactive ketones (excluding diaryl/α,β-unsaturated/α-hetero) is 1. The Balaban J connectivity index is 2.69. The van der Waals surface area contributed by atoms with E-state index in [4.69, 9.17) is 0 Å². The van der Waals surface area contributed by atoms with E-state index in [1.807, 2.05) is 6.07 Å². The van der Waals surface area contributed by atoms with Crippen molar-refractivity contribution in [1.29, 1.82) is 0 Å². The molecule has 1 atom stereocenters. The molecular weight excluding hydrogens is 196 g/mol. The van der Waals surface area contributed by atoms with Gasteiger partial charge in [0, 0.05) is 4.90 Å². The van der Waals surface area contributed by atoms with Crippen molar-refractivity contribution in [2.24, 2.45) is 0 Å². The maximum absolute atomic E-state index is 11.6. The minimum absolute atomic E-state index is 0.0271. The first-order valence-corrected chi connectivity index (χ1v) is 5.55. The zero-order valence-electron chi connectivity index (χ0n) is 8.03. The van der Waals surface area contributed by atoms with Crippen LogP contribution in [0.3, 0.4) is 0 Å². The fraction of sp³-hybridized carbons (Fsp3) is 0.182. The van der Waals surface area contributed by atoms with E-state index in [1.165, 1.54) is 0 Å². The van der Waals surface area contributed by atoms with Crippen LogP contribution in [0.15, 0.2) is 47.4 Å². The lowest BCUT2D eigenvalue weighted by Crippen LogP contribution is -2.10. The molecule has 0 radical (unpaired) electrons. The van der Waals surface area contributed by atoms with Gasteiger partial charge in [-0.15, -0.1) is 0 Å². The number of rotatable bonds is 4. The Bertz CT molecular complexity index is 368. The molecule has 0 aromatic heterocycles. The number of allylic oxidation sites excluding steroid dienone is 1. The first-order valence-electron chi connectivity index (χ1n) is 4.23. The third-order valence-corrected chi connectivity index (χ3v) is 3.07. The molecule has 1 unspecified atom stereocenters. The molecule has 0 saturated heterocycles. The zero-order chi connectivity index (χ0) is 10.6. The summed E-state index contributed by atoms with van der Waals surface area (Å²) in [6.45, 7) is 5.15. The number of hydrogen-bond donors (Lipinski definition) is 0. The van der Waals surface area contributed by atoms with Crippen LogP contribution in [-0.2, 0) is 15.6 Å². The molecule has 1 aromatic rings. The van der Waals surface area contributed by atoms with Gasteiger partial charge in [-0.2, -0.15) is 0 Å². The lowest BCUT2D eigenvalue weighted by atomic mass is 10.2. The van der Waals surface area contributed by atoms with Crippen molar-refractivity contribution in [1.82, 2.24) is 0 Å². The Morgan fingerprint density at radius 1 is 1.36 bits per heavy atom. The van der Waals surface area contributed by atoms with Crippen molar-refractivity contribution >= 4 is 16.6 Å². The minimum atomic E-state index is -1.24. The summed E-state index contributed by atoms with van der Waals surface area (Å²) < 4.78 is 11.6. The topological polar surface area (TPSA) is 34.1 Å². The molecule has 0 aliphatic carbocycles. The first kappa shape index (κ1) is 10.9. The molecule has 0 bridgehead atoms. The van der Waals surface area contributed by atoms with Crippen LogP contribution in [0.2, 0.25) is 0 Å². The molecule has 1 aromatic carbocycles. The molecule has 0 N–H and O–H groups in total. The summed E-state index contributed by atoms with van der Waals surface area (Å²) in [5.74, 6) is -0.119. The van der Waals surface area contributed by atoms with E-state index in [-0.39, 0.29) is 11.5 Å². The summed E-state index contributed by atoms with van der Waals surface area (Å²) >= 11 is 0. The van der Waals surface area contributed by atoms with Gasteiger partial charge in [-0.3, -0.25) is 9.00 Å². The minimum Gasteiger partial charge on any atom is -0.294 e. The largest absolute Gasteiger partial charge is 0.294 e. The molecule has 74 valence electrons. The molecule has 2 nitrogen and oxygen atoms in total. The standard InChI is InChI=1S/C11H12O2S/c1-9(2)11(12)8-14(13)10-6-4-3-5-7-10/h3-7H,1,8H2,2H3. The summed E-state index contributed by atoms with van der Waals surface area (Å²) in [6, 6.07) is 8.96. The number of carbonyl (C=O) groups excluding carboxylic acids is 1. The van der Waals surface area contributed by atoms with Crippen molar-refractivity contribution in [2.45, 2.75) is 11.8 Å². The van der Waals surface area contributed by atoms with Crippen LogP contribution in [0.1, 0.15) is 6.92 Å². The van der Waals surface area contributed by atoms with Crippen molar-refractivity contribution in [3.05, 3.63) is 42.5 Å². The average Bonchev–Trinajstić information content (AvgIpc) is 2.19. The molecule has 0 aliphatic rings. The second-order valence-electron chi connectivity index (χ2n) is 3.01. The van der Waals surface area contributed by atoms with Gasteiger partial charge in [-0.05, 0) is 24.6 Å². The molecule has 0 saturated carbocycles. The second-order valence-corrected chi connectivity index (χ2v) is 4.46. The number of carbonyl (C=O) groups is 1. The van der Waals surface area contributed by atoms with Crippen molar-refractivity contribution in [3.63, 3.8) is 0 Å². The summed E-state index contributed by atoms with van der Waals surface area (Å²) in [4.78, 5) is 11.9. The highest BCUT2D eigenvalue weighted by molar-refractivity contribution is 7.85. The SMILES string of the molecule is C=C(C)C(=O)CS(=O)c1ccccc1. The van der Waals surface area contributed by atoms with E-state index in [2.05, 4.69) is 6.58 Å². The maximum Gasteiger partial charge on any atom is 0.170 e. The van der Waals surface area contributed by atoms with Gasteiger partial charge < -0.3 is 0 Å². The van der Waals surface area contributed by atoms with Gasteiger partial charge in [-0.25, -0.2) is 0 Å². The summed E-state index contributed by atoms with van der Waals surface area (Å²) in [5, 5.41) is 0. The quantitative estimate of drug-likeness (QED) is 0.709. The molecule has 0 aliphatic heterocycles. The molecule has 1 rings (SSSR count). The van der Waals surface area contributed by atoms with E-state index < -0.39 is 10.8 Å². The predicted molar refractivity (Wildman–Crippen MR) is 57.5 cm³/mol. The van der Waals surface area contributed by atoms with E-state index in [9.17, 15) is 9.00 Å². The predicted octanol–water partition coefficient (Wildman–Crippen LogP) is 1.94. The van der Waals surface area contributed by atoms with Crippen molar-refractivity contribution < 1.29 is 9.00 Å². The van der Waals surface area contributed by atoms with Crippen LogP contribution in [0.4, 0.5) is 0 Å². The molecule has 3 heteroatoms. The Labute approximate surface area is 86.1 Å². The maximum atomic E-state index is 11.6. The van der Waals surface area contributed by atoms with Gasteiger partial charge in [0.05, 0.1) is 16.6 Å². The number of hydrogen-bond acceptors (Lipinski definition) is 2. The van der Waals surface area contributed by atoms with Gasteiger partial charge in [0.25, 0.3) is 0 Å².